The molecule has 21 nitrogen and oxygen atoms in total. The normalized spacial score (nSPS) is 26.9. The number of anilines is 1. The number of phosphoric ester groups is 1. The number of imidazole rings is 2. The Kier molecular flexibility index (Phi) is 8.29. The maximum atomic E-state index is 13.1. The number of aromatic nitrogens is 8. The second-order valence-electron chi connectivity index (χ2n) is 9.99. The number of rotatable bonds is 10. The first kappa shape index (κ1) is 31.3. The van der Waals surface area contributed by atoms with Gasteiger partial charge in [-0.3, -0.25) is 23.4 Å². The lowest BCUT2D eigenvalue weighted by atomic mass is 10.1. The molecule has 1 aliphatic carbocycles. The fourth-order valence-corrected chi connectivity index (χ4v) is 6.71. The number of H-pyrrole nitrogens is 2. The molecule has 0 radical (unpaired) electrons. The van der Waals surface area contributed by atoms with Crippen molar-refractivity contribution in [1.82, 2.24) is 39.0 Å². The zero-order valence-corrected chi connectivity index (χ0v) is 25.1. The average Bonchev–Trinajstić information content (AvgIpc) is 3.73. The molecule has 4 aromatic rings. The van der Waals surface area contributed by atoms with E-state index in [2.05, 4.69) is 29.9 Å². The molecule has 0 spiro atoms. The molecule has 1 aliphatic heterocycles. The molecule has 5 heterocycles. The van der Waals surface area contributed by atoms with Crippen LogP contribution in [0.2, 0.25) is 0 Å². The summed E-state index contributed by atoms with van der Waals surface area (Å²) in [4.78, 5) is 53.2. The Hall–Kier alpha value is -3.69. The van der Waals surface area contributed by atoms with E-state index in [0.29, 0.717) is 11.2 Å². The van der Waals surface area contributed by atoms with Gasteiger partial charge in [0.2, 0.25) is 12.2 Å². The summed E-state index contributed by atoms with van der Waals surface area (Å²) in [5, 5.41) is 32.2. The molecule has 6 rings (SSSR count). The molecule has 4 aromatic heterocycles. The summed E-state index contributed by atoms with van der Waals surface area (Å²) in [6, 6.07) is -1.02. The summed E-state index contributed by atoms with van der Waals surface area (Å²) in [7, 11) is -8.12. The minimum Gasteiger partial charge on any atom is -0.506 e. The van der Waals surface area contributed by atoms with Crippen molar-refractivity contribution in [2.24, 2.45) is 5.92 Å². The number of nitrogen functional groups attached to an aromatic ring is 1. The number of phosphoric acid groups is 1. The summed E-state index contributed by atoms with van der Waals surface area (Å²) >= 11 is 5.13. The van der Waals surface area contributed by atoms with E-state index < -0.39 is 82.9 Å². The van der Waals surface area contributed by atoms with Gasteiger partial charge in [-0.1, -0.05) is 12.2 Å². The summed E-state index contributed by atoms with van der Waals surface area (Å²) in [6.07, 6.45) is -2.25. The number of nitrogens with one attached hydrogen (secondary N) is 2. The van der Waals surface area contributed by atoms with Crippen LogP contribution in [0.15, 0.2) is 35.3 Å². The molecule has 7 unspecified atom stereocenters. The number of aromatic amines is 2. The molecule has 0 amide bonds. The number of aliphatic hydroxyl groups excluding tert-OH is 3. The predicted molar refractivity (Wildman–Crippen MR) is 151 cm³/mol. The highest BCUT2D eigenvalue weighted by molar-refractivity contribution is 7.71. The van der Waals surface area contributed by atoms with Crippen LogP contribution in [0.3, 0.4) is 0 Å². The molecule has 1 fully saturated rings. The Bertz CT molecular complexity index is 1990. The number of aliphatic hydroxyl groups is 3. The van der Waals surface area contributed by atoms with E-state index >= 15 is 0 Å². The minimum absolute atomic E-state index is 0.0248. The van der Waals surface area contributed by atoms with Gasteiger partial charge in [-0.15, -0.1) is 9.42 Å². The van der Waals surface area contributed by atoms with Gasteiger partial charge in [0.25, 0.3) is 5.56 Å². The van der Waals surface area contributed by atoms with Crippen molar-refractivity contribution in [1.29, 1.82) is 0 Å². The van der Waals surface area contributed by atoms with Gasteiger partial charge in [0.05, 0.1) is 24.8 Å². The standard InChI is InChI=1S/C21H23N9O12P2S/c22-21-27-17-10(18(34)28-21)25-5-29(17)8-1-7(2-39-43(35)36)12(31)15(8)42-44(37,38)40-3-9-13(32)14(33)20(41-9)30-6-26-11-16(30)23-4-24-19(11)45/h4-8,12,14-15,20,31,33H,1-3H2,(H6-,22,23,24,27,28,32,34,35,36,37,38,45)/p+1/t7?,8?,12?,14?,15?,20-/m1/s1. The van der Waals surface area contributed by atoms with Crippen molar-refractivity contribution in [3.8, 4) is 0 Å². The highest BCUT2D eigenvalue weighted by Crippen LogP contribution is 2.52. The number of ether oxygens (including phenoxy) is 1. The van der Waals surface area contributed by atoms with Crippen LogP contribution in [-0.2, 0) is 27.4 Å². The summed E-state index contributed by atoms with van der Waals surface area (Å²) in [6.45, 7) is -1.29. The Labute approximate surface area is 255 Å². The van der Waals surface area contributed by atoms with E-state index in [1.807, 2.05) is 0 Å². The monoisotopic (exact) mass is 688 g/mol. The van der Waals surface area contributed by atoms with Crippen LogP contribution in [0, 0.1) is 10.6 Å². The predicted octanol–water partition coefficient (Wildman–Crippen LogP) is -0.0460. The van der Waals surface area contributed by atoms with Crippen LogP contribution in [0.1, 0.15) is 18.7 Å². The largest absolute Gasteiger partial charge is 0.694 e. The molecule has 240 valence electrons. The second kappa shape index (κ2) is 11.9. The van der Waals surface area contributed by atoms with Crippen molar-refractivity contribution in [2.45, 2.75) is 37.0 Å². The fourth-order valence-electron chi connectivity index (χ4n) is 5.27. The molecule has 9 N–H and O–H groups in total. The van der Waals surface area contributed by atoms with Crippen molar-refractivity contribution in [3.05, 3.63) is 45.5 Å². The molecule has 45 heavy (non-hydrogen) atoms. The molecule has 8 atom stereocenters. The minimum atomic E-state index is -5.10. The highest BCUT2D eigenvalue weighted by Gasteiger charge is 2.49. The first-order chi connectivity index (χ1) is 21.3. The number of nitrogens with zero attached hydrogens (tertiary/aromatic N) is 6. The van der Waals surface area contributed by atoms with Crippen LogP contribution in [0.5, 0.6) is 0 Å². The van der Waals surface area contributed by atoms with Crippen LogP contribution < -0.4 is 11.3 Å². The van der Waals surface area contributed by atoms with Crippen LogP contribution in [0.4, 0.5) is 5.95 Å². The first-order valence-electron chi connectivity index (χ1n) is 12.9. The molecule has 24 heteroatoms. The SMILES string of the molecule is Nc1nc2c(ncn2C2CC(CO[P+](=O)O)C(O)C2OP(=O)(O)OCC2=C(O)C(O)[C@H](n3cnc4c(=S)nc[nH]c43)O2)c(=O)[nH]1. The fraction of sp³-hybridized carbons (Fsp3) is 0.429. The Morgan fingerprint density at radius 2 is 1.96 bits per heavy atom. The lowest BCUT2D eigenvalue weighted by Crippen LogP contribution is -2.33. The van der Waals surface area contributed by atoms with E-state index in [1.165, 1.54) is 28.1 Å². The molecular formula is C21H24N9O12P2S+. The van der Waals surface area contributed by atoms with Crippen molar-refractivity contribution >= 4 is 56.6 Å². The van der Waals surface area contributed by atoms with Gasteiger partial charge in [-0.25, -0.2) is 19.5 Å². The molecule has 0 aromatic carbocycles. The molecular weight excluding hydrogens is 664 g/mol. The van der Waals surface area contributed by atoms with Gasteiger partial charge in [0.1, 0.15) is 36.8 Å². The zero-order chi connectivity index (χ0) is 32.2. The smallest absolute Gasteiger partial charge is 0.506 e. The first-order valence-corrected chi connectivity index (χ1v) is 15.9. The molecule has 0 saturated heterocycles. The summed E-state index contributed by atoms with van der Waals surface area (Å²) < 4.78 is 47.9. The topological polar surface area (TPSA) is 308 Å². The second-order valence-corrected chi connectivity index (χ2v) is 12.5. The lowest BCUT2D eigenvalue weighted by molar-refractivity contribution is -0.0201. The van der Waals surface area contributed by atoms with Crippen molar-refractivity contribution in [3.63, 3.8) is 0 Å². The third kappa shape index (κ3) is 5.88. The summed E-state index contributed by atoms with van der Waals surface area (Å²) in [5.41, 5.74) is 5.50. The van der Waals surface area contributed by atoms with Gasteiger partial charge in [0, 0.05) is 10.5 Å². The third-order valence-electron chi connectivity index (χ3n) is 7.32. The van der Waals surface area contributed by atoms with Gasteiger partial charge < -0.3 is 40.2 Å². The number of fused-ring (bicyclic) bond motifs is 2. The van der Waals surface area contributed by atoms with Crippen LogP contribution in [0.25, 0.3) is 22.3 Å². The quantitative estimate of drug-likeness (QED) is 0.0800. The zero-order valence-electron chi connectivity index (χ0n) is 22.5. The maximum Gasteiger partial charge on any atom is 0.694 e. The molecule has 2 aliphatic rings. The van der Waals surface area contributed by atoms with Gasteiger partial charge in [0.15, 0.2) is 33.4 Å². The number of hydrogen-bond acceptors (Lipinski definition) is 16. The van der Waals surface area contributed by atoms with E-state index in [4.69, 9.17) is 41.2 Å². The number of nitrogens with two attached hydrogens (primary N) is 1. The molecule has 0 bridgehead atoms. The van der Waals surface area contributed by atoms with Crippen molar-refractivity contribution < 1.29 is 52.5 Å². The van der Waals surface area contributed by atoms with Crippen LogP contribution in [-0.4, -0.2) is 95.7 Å². The molecule has 1 saturated carbocycles. The van der Waals surface area contributed by atoms with Gasteiger partial charge in [-0.05, 0) is 6.42 Å². The van der Waals surface area contributed by atoms with Crippen LogP contribution >= 0.6 is 28.3 Å². The Morgan fingerprint density at radius 1 is 1.22 bits per heavy atom. The Morgan fingerprint density at radius 3 is 2.71 bits per heavy atom. The van der Waals surface area contributed by atoms with E-state index in [-0.39, 0.29) is 28.2 Å². The van der Waals surface area contributed by atoms with Crippen molar-refractivity contribution in [2.75, 3.05) is 18.9 Å². The van der Waals surface area contributed by atoms with Gasteiger partial charge in [-0.2, -0.15) is 4.98 Å². The Balaban J connectivity index is 1.21. The summed E-state index contributed by atoms with van der Waals surface area (Å²) in [5.74, 6) is -2.23. The maximum absolute atomic E-state index is 13.1. The van der Waals surface area contributed by atoms with Gasteiger partial charge >= 0.3 is 16.1 Å². The third-order valence-corrected chi connectivity index (χ3v) is 8.95. The lowest BCUT2D eigenvalue weighted by Gasteiger charge is -2.26. The number of hydrogen-bond donors (Lipinski definition) is 8. The van der Waals surface area contributed by atoms with E-state index in [1.54, 1.807) is 0 Å². The van der Waals surface area contributed by atoms with E-state index in [9.17, 15) is 34.1 Å². The average molecular weight is 688 g/mol. The van der Waals surface area contributed by atoms with E-state index in [0.717, 1.165) is 0 Å². The highest BCUT2D eigenvalue weighted by atomic mass is 32.1.